The summed E-state index contributed by atoms with van der Waals surface area (Å²) in [6.07, 6.45) is 2.63. The lowest BCUT2D eigenvalue weighted by Gasteiger charge is -2.25. The number of hydrogen-bond donors (Lipinski definition) is 3. The zero-order valence-electron chi connectivity index (χ0n) is 12.5. The van der Waals surface area contributed by atoms with Crippen LogP contribution in [-0.4, -0.2) is 22.6 Å². The summed E-state index contributed by atoms with van der Waals surface area (Å²) in [7, 11) is 0. The van der Waals surface area contributed by atoms with Gasteiger partial charge in [0.05, 0.1) is 0 Å². The number of hydrogen-bond acceptors (Lipinski definition) is 2. The predicted octanol–water partition coefficient (Wildman–Crippen LogP) is 3.33. The minimum absolute atomic E-state index is 0.370. The molecule has 0 unspecified atom stereocenters. The number of rotatable bonds is 4. The van der Waals surface area contributed by atoms with Crippen LogP contribution in [-0.2, 0) is 4.79 Å². The molecule has 1 saturated carbocycles. The molecular formula is C16H22N2O3. The number of nitrogens with one attached hydrogen (secondary N) is 2. The van der Waals surface area contributed by atoms with Gasteiger partial charge in [0, 0.05) is 5.69 Å². The maximum absolute atomic E-state index is 12.1. The van der Waals surface area contributed by atoms with Crippen LogP contribution in [0, 0.1) is 0 Å². The molecule has 3 N–H and O–H groups in total. The number of carbonyl (C=O) groups excluding carboxylic acids is 1. The average Bonchev–Trinajstić information content (AvgIpc) is 2.88. The van der Waals surface area contributed by atoms with Gasteiger partial charge in [-0.1, -0.05) is 38.8 Å². The summed E-state index contributed by atoms with van der Waals surface area (Å²) < 4.78 is 0. The van der Waals surface area contributed by atoms with Crippen molar-refractivity contribution >= 4 is 17.7 Å². The van der Waals surface area contributed by atoms with Crippen molar-refractivity contribution in [3.63, 3.8) is 0 Å². The Morgan fingerprint density at radius 3 is 2.48 bits per heavy atom. The molecule has 0 heterocycles. The summed E-state index contributed by atoms with van der Waals surface area (Å²) in [4.78, 5) is 23.5. The van der Waals surface area contributed by atoms with Crippen molar-refractivity contribution < 1.29 is 14.7 Å². The molecule has 0 radical (unpaired) electrons. The zero-order valence-corrected chi connectivity index (χ0v) is 12.5. The second-order valence-electron chi connectivity index (χ2n) is 5.95. The molecule has 0 spiro atoms. The molecule has 1 aliphatic carbocycles. The number of amides is 2. The molecule has 114 valence electrons. The molecule has 5 heteroatoms. The molecule has 1 fully saturated rings. The third-order valence-corrected chi connectivity index (χ3v) is 4.03. The van der Waals surface area contributed by atoms with E-state index >= 15 is 0 Å². The normalized spacial score (nSPS) is 16.7. The summed E-state index contributed by atoms with van der Waals surface area (Å²) in [5.74, 6) is -0.582. The van der Waals surface area contributed by atoms with E-state index in [0.717, 1.165) is 18.4 Å². The minimum atomic E-state index is -1.11. The Labute approximate surface area is 124 Å². The molecule has 2 rings (SSSR count). The number of carboxylic acids is 1. The third kappa shape index (κ3) is 3.54. The number of carboxylic acid groups (broad SMARTS) is 1. The summed E-state index contributed by atoms with van der Waals surface area (Å²) in [5, 5.41) is 14.7. The minimum Gasteiger partial charge on any atom is -0.480 e. The highest BCUT2D eigenvalue weighted by Gasteiger charge is 2.42. The fourth-order valence-electron chi connectivity index (χ4n) is 2.73. The maximum atomic E-state index is 12.1. The predicted molar refractivity (Wildman–Crippen MR) is 81.5 cm³/mol. The van der Waals surface area contributed by atoms with E-state index < -0.39 is 17.5 Å². The van der Waals surface area contributed by atoms with Crippen LogP contribution in [0.3, 0.4) is 0 Å². The maximum Gasteiger partial charge on any atom is 0.329 e. The van der Waals surface area contributed by atoms with E-state index in [0.29, 0.717) is 24.4 Å². The fourth-order valence-corrected chi connectivity index (χ4v) is 2.73. The van der Waals surface area contributed by atoms with Crippen molar-refractivity contribution in [3.05, 3.63) is 29.8 Å². The van der Waals surface area contributed by atoms with Crippen molar-refractivity contribution in [1.82, 2.24) is 5.32 Å². The highest BCUT2D eigenvalue weighted by atomic mass is 16.4. The Morgan fingerprint density at radius 2 is 1.90 bits per heavy atom. The van der Waals surface area contributed by atoms with E-state index in [9.17, 15) is 14.7 Å². The molecular weight excluding hydrogens is 268 g/mol. The highest BCUT2D eigenvalue weighted by molar-refractivity contribution is 5.94. The van der Waals surface area contributed by atoms with Crippen molar-refractivity contribution in [3.8, 4) is 0 Å². The molecule has 0 saturated heterocycles. The van der Waals surface area contributed by atoms with Gasteiger partial charge in [-0.2, -0.15) is 0 Å². The van der Waals surface area contributed by atoms with E-state index in [1.807, 2.05) is 18.2 Å². The van der Waals surface area contributed by atoms with Gasteiger partial charge >= 0.3 is 12.0 Å². The Kier molecular flexibility index (Phi) is 4.50. The van der Waals surface area contributed by atoms with Gasteiger partial charge in [0.15, 0.2) is 0 Å². The van der Waals surface area contributed by atoms with E-state index in [1.165, 1.54) is 0 Å². The van der Waals surface area contributed by atoms with Crippen molar-refractivity contribution in [2.75, 3.05) is 5.32 Å². The fraction of sp³-hybridized carbons (Fsp3) is 0.500. The third-order valence-electron chi connectivity index (χ3n) is 4.03. The van der Waals surface area contributed by atoms with Crippen molar-refractivity contribution in [2.45, 2.75) is 51.0 Å². The smallest absolute Gasteiger partial charge is 0.329 e. The summed E-state index contributed by atoms with van der Waals surface area (Å²) in [6.45, 7) is 4.16. The molecule has 0 bridgehead atoms. The second kappa shape index (κ2) is 6.16. The topological polar surface area (TPSA) is 78.4 Å². The van der Waals surface area contributed by atoms with Crippen LogP contribution in [0.2, 0.25) is 0 Å². The Hall–Kier alpha value is -2.04. The van der Waals surface area contributed by atoms with E-state index in [-0.39, 0.29) is 0 Å². The van der Waals surface area contributed by atoms with Crippen LogP contribution in [0.4, 0.5) is 10.5 Å². The number of aliphatic carboxylic acids is 1. The summed E-state index contributed by atoms with van der Waals surface area (Å²) >= 11 is 0. The van der Waals surface area contributed by atoms with Crippen LogP contribution >= 0.6 is 0 Å². The van der Waals surface area contributed by atoms with Gasteiger partial charge in [-0.05, 0) is 36.5 Å². The molecule has 0 aromatic heterocycles. The lowest BCUT2D eigenvalue weighted by atomic mass is 9.98. The molecule has 1 aromatic carbocycles. The van der Waals surface area contributed by atoms with Gasteiger partial charge in [0.25, 0.3) is 0 Å². The summed E-state index contributed by atoms with van der Waals surface area (Å²) in [5.41, 5.74) is 0.693. The first-order valence-corrected chi connectivity index (χ1v) is 7.35. The molecule has 5 nitrogen and oxygen atoms in total. The molecule has 2 amide bonds. The highest BCUT2D eigenvalue weighted by Crippen LogP contribution is 2.30. The Balaban J connectivity index is 2.04. The van der Waals surface area contributed by atoms with E-state index in [2.05, 4.69) is 24.5 Å². The van der Waals surface area contributed by atoms with Gasteiger partial charge in [0.1, 0.15) is 5.54 Å². The monoisotopic (exact) mass is 290 g/mol. The van der Waals surface area contributed by atoms with Gasteiger partial charge in [0.2, 0.25) is 0 Å². The number of carbonyl (C=O) groups is 2. The van der Waals surface area contributed by atoms with E-state index in [1.54, 1.807) is 6.07 Å². The Morgan fingerprint density at radius 1 is 1.24 bits per heavy atom. The van der Waals surface area contributed by atoms with Crippen LogP contribution in [0.15, 0.2) is 24.3 Å². The first-order chi connectivity index (χ1) is 9.93. The molecule has 1 aliphatic rings. The molecule has 1 aromatic rings. The lowest BCUT2D eigenvalue weighted by molar-refractivity contribution is -0.144. The number of urea groups is 1. The second-order valence-corrected chi connectivity index (χ2v) is 5.95. The van der Waals surface area contributed by atoms with Gasteiger partial charge < -0.3 is 15.7 Å². The zero-order chi connectivity index (χ0) is 15.5. The van der Waals surface area contributed by atoms with Gasteiger partial charge in [-0.25, -0.2) is 9.59 Å². The van der Waals surface area contributed by atoms with Crippen molar-refractivity contribution in [1.29, 1.82) is 0 Å². The first-order valence-electron chi connectivity index (χ1n) is 7.35. The largest absolute Gasteiger partial charge is 0.480 e. The van der Waals surface area contributed by atoms with Crippen LogP contribution in [0.1, 0.15) is 51.0 Å². The van der Waals surface area contributed by atoms with Crippen LogP contribution in [0.25, 0.3) is 0 Å². The van der Waals surface area contributed by atoms with Gasteiger partial charge in [-0.15, -0.1) is 0 Å². The average molecular weight is 290 g/mol. The first kappa shape index (κ1) is 15.4. The molecule has 0 atom stereocenters. The Bertz CT molecular complexity index is 534. The molecule has 0 aliphatic heterocycles. The number of benzene rings is 1. The summed E-state index contributed by atoms with van der Waals surface area (Å²) in [6, 6.07) is 7.14. The standard InChI is InChI=1S/C16H22N2O3/c1-11(2)12-6-5-7-13(10-12)17-15(21)18-16(14(19)20)8-3-4-9-16/h5-7,10-11H,3-4,8-9H2,1-2H3,(H,19,20)(H2,17,18,21). The van der Waals surface area contributed by atoms with E-state index in [4.69, 9.17) is 0 Å². The van der Waals surface area contributed by atoms with Gasteiger partial charge in [-0.3, -0.25) is 0 Å². The molecule has 21 heavy (non-hydrogen) atoms. The quantitative estimate of drug-likeness (QED) is 0.796. The SMILES string of the molecule is CC(C)c1cccc(NC(=O)NC2(C(=O)O)CCCC2)c1. The van der Waals surface area contributed by atoms with Crippen molar-refractivity contribution in [2.24, 2.45) is 0 Å². The number of anilines is 1. The van der Waals surface area contributed by atoms with Crippen LogP contribution in [0.5, 0.6) is 0 Å². The van der Waals surface area contributed by atoms with Crippen LogP contribution < -0.4 is 10.6 Å². The lowest BCUT2D eigenvalue weighted by Crippen LogP contribution is -2.53.